The second-order valence-corrected chi connectivity index (χ2v) is 6.60. The van der Waals surface area contributed by atoms with Crippen LogP contribution in [0, 0.1) is 6.92 Å². The van der Waals surface area contributed by atoms with Crippen LogP contribution >= 0.6 is 0 Å². The zero-order chi connectivity index (χ0) is 22.9. The van der Waals surface area contributed by atoms with Crippen LogP contribution in [0.4, 0.5) is 19.0 Å². The van der Waals surface area contributed by atoms with Crippen molar-refractivity contribution in [1.29, 1.82) is 0 Å². The highest BCUT2D eigenvalue weighted by molar-refractivity contribution is 6.00. The fourth-order valence-corrected chi connectivity index (χ4v) is 3.03. The molecule has 31 heavy (non-hydrogen) atoms. The molecule has 1 amide bonds. The van der Waals surface area contributed by atoms with E-state index in [1.807, 2.05) is 0 Å². The largest absolute Gasteiger partial charge is 0.478 e. The molecule has 10 nitrogen and oxygen atoms in total. The molecule has 0 aromatic carbocycles. The zero-order valence-electron chi connectivity index (χ0n) is 16.3. The Labute approximate surface area is 173 Å². The Balaban J connectivity index is 1.91. The van der Waals surface area contributed by atoms with Crippen LogP contribution in [0.5, 0.6) is 0 Å². The maximum atomic E-state index is 13.0. The highest BCUT2D eigenvalue weighted by atomic mass is 19.4. The summed E-state index contributed by atoms with van der Waals surface area (Å²) >= 11 is 0. The van der Waals surface area contributed by atoms with E-state index in [0.717, 1.165) is 24.1 Å². The number of esters is 1. The van der Waals surface area contributed by atoms with E-state index in [1.54, 1.807) is 6.92 Å². The molecule has 1 aliphatic heterocycles. The molecule has 0 bridgehead atoms. The van der Waals surface area contributed by atoms with Crippen molar-refractivity contribution in [1.82, 2.24) is 14.8 Å². The van der Waals surface area contributed by atoms with Crippen molar-refractivity contribution in [3.8, 4) is 5.69 Å². The van der Waals surface area contributed by atoms with Gasteiger partial charge in [-0.25, -0.2) is 9.48 Å². The van der Waals surface area contributed by atoms with Gasteiger partial charge in [0, 0.05) is 24.9 Å². The first-order chi connectivity index (χ1) is 14.5. The van der Waals surface area contributed by atoms with E-state index < -0.39 is 41.9 Å². The molecule has 1 saturated heterocycles. The third kappa shape index (κ3) is 4.66. The Morgan fingerprint density at radius 3 is 2.68 bits per heavy atom. The molecule has 0 radical (unpaired) electrons. The highest BCUT2D eigenvalue weighted by Gasteiger charge is 2.43. The Kier molecular flexibility index (Phi) is 5.97. The number of hydrogen-bond acceptors (Lipinski definition) is 7. The van der Waals surface area contributed by atoms with Crippen LogP contribution in [0.15, 0.2) is 24.4 Å². The summed E-state index contributed by atoms with van der Waals surface area (Å²) in [6.07, 6.45) is -7.11. The minimum absolute atomic E-state index is 0.0162. The monoisotopic (exact) mass is 442 g/mol. The first kappa shape index (κ1) is 22.2. The van der Waals surface area contributed by atoms with Crippen molar-refractivity contribution >= 4 is 23.7 Å². The van der Waals surface area contributed by atoms with Crippen LogP contribution in [0.3, 0.4) is 0 Å². The number of carbonyl (C=O) groups excluding carboxylic acids is 2. The molecular formula is C18H17F3N4O6. The fraction of sp³-hybridized carbons (Fsp3) is 0.389. The predicted octanol–water partition coefficient (Wildman–Crippen LogP) is 1.34. The number of pyridine rings is 1. The van der Waals surface area contributed by atoms with E-state index in [2.05, 4.69) is 10.1 Å². The normalized spacial score (nSPS) is 18.0. The zero-order valence-corrected chi connectivity index (χ0v) is 16.3. The van der Waals surface area contributed by atoms with Crippen LogP contribution in [-0.4, -0.2) is 63.1 Å². The quantitative estimate of drug-likeness (QED) is 0.688. The van der Waals surface area contributed by atoms with Gasteiger partial charge >= 0.3 is 18.1 Å². The molecule has 3 rings (SSSR count). The molecule has 2 atom stereocenters. The first-order valence-electron chi connectivity index (χ1n) is 8.92. The minimum atomic E-state index is -4.64. The van der Waals surface area contributed by atoms with Crippen molar-refractivity contribution in [2.45, 2.75) is 32.2 Å². The molecule has 2 aromatic heterocycles. The molecule has 1 N–H and O–H groups in total. The van der Waals surface area contributed by atoms with Crippen LogP contribution in [0.25, 0.3) is 5.69 Å². The summed E-state index contributed by atoms with van der Waals surface area (Å²) in [6, 6.07) is 3.59. The van der Waals surface area contributed by atoms with Gasteiger partial charge in [0.1, 0.15) is 5.69 Å². The highest BCUT2D eigenvalue weighted by Crippen LogP contribution is 2.29. The molecule has 1 aliphatic rings. The van der Waals surface area contributed by atoms with E-state index in [1.165, 1.54) is 16.8 Å². The number of aryl methyl sites for hydroxylation is 1. The van der Waals surface area contributed by atoms with Gasteiger partial charge < -0.3 is 14.6 Å². The summed E-state index contributed by atoms with van der Waals surface area (Å²) in [7, 11) is 0. The Morgan fingerprint density at radius 2 is 2.06 bits per heavy atom. The number of nitrogens with zero attached hydrogens (tertiary/aromatic N) is 4. The Bertz CT molecular complexity index is 1020. The summed E-state index contributed by atoms with van der Waals surface area (Å²) in [6.45, 7) is 2.52. The third-order valence-electron chi connectivity index (χ3n) is 4.36. The molecule has 1 fully saturated rings. The molecule has 0 aliphatic carbocycles. The number of carboxylic acids is 1. The van der Waals surface area contributed by atoms with Crippen LogP contribution in [0.2, 0.25) is 0 Å². The van der Waals surface area contributed by atoms with Gasteiger partial charge in [-0.2, -0.15) is 13.2 Å². The van der Waals surface area contributed by atoms with E-state index >= 15 is 0 Å². The van der Waals surface area contributed by atoms with Crippen molar-refractivity contribution in [3.05, 3.63) is 35.8 Å². The number of morpholine rings is 1. The summed E-state index contributed by atoms with van der Waals surface area (Å²) in [5.74, 6) is -3.20. The fourth-order valence-electron chi connectivity index (χ4n) is 3.03. The standard InChI is InChI=1S/C18H17F3N4O6/c1-9-7-13(23-25(9)11-3-4-22-12(8-11)18(19,20)21)24-5-6-30-14(16(24)27)15(17(28)29)31-10(2)26/h3-4,7-8,14-15H,5-6H2,1-2H3,(H,28,29)/t14-,15-/m1/s1. The van der Waals surface area contributed by atoms with E-state index in [-0.39, 0.29) is 24.7 Å². The summed E-state index contributed by atoms with van der Waals surface area (Å²) in [4.78, 5) is 39.9. The van der Waals surface area contributed by atoms with Crippen LogP contribution in [0.1, 0.15) is 18.3 Å². The topological polar surface area (TPSA) is 124 Å². The third-order valence-corrected chi connectivity index (χ3v) is 4.36. The van der Waals surface area contributed by atoms with Crippen LogP contribution in [-0.2, 0) is 30.0 Å². The molecule has 166 valence electrons. The van der Waals surface area contributed by atoms with Gasteiger partial charge in [-0.05, 0) is 19.1 Å². The lowest BCUT2D eigenvalue weighted by Gasteiger charge is -2.33. The molecule has 0 unspecified atom stereocenters. The lowest BCUT2D eigenvalue weighted by Crippen LogP contribution is -2.55. The van der Waals surface area contributed by atoms with Gasteiger partial charge in [0.05, 0.1) is 18.8 Å². The van der Waals surface area contributed by atoms with E-state index in [4.69, 9.17) is 9.47 Å². The minimum Gasteiger partial charge on any atom is -0.478 e. The van der Waals surface area contributed by atoms with Crippen molar-refractivity contribution < 1.29 is 42.1 Å². The number of amides is 1. The Hall–Kier alpha value is -3.48. The summed E-state index contributed by atoms with van der Waals surface area (Å²) in [5.41, 5.74) is -0.610. The van der Waals surface area contributed by atoms with Gasteiger partial charge in [0.2, 0.25) is 6.10 Å². The number of aromatic nitrogens is 3. The lowest BCUT2D eigenvalue weighted by atomic mass is 10.1. The number of alkyl halides is 3. The number of carboxylic acid groups (broad SMARTS) is 1. The maximum absolute atomic E-state index is 13.0. The average molecular weight is 442 g/mol. The lowest BCUT2D eigenvalue weighted by molar-refractivity contribution is -0.177. The molecule has 2 aromatic rings. The molecule has 0 spiro atoms. The SMILES string of the molecule is CC(=O)O[C@@H](C(=O)O)[C@H]1OCCN(c2cc(C)n(-c3ccnc(C(F)(F)F)c3)n2)C1=O. The number of ether oxygens (including phenoxy) is 2. The number of aliphatic carboxylic acids is 1. The van der Waals surface area contributed by atoms with E-state index in [9.17, 15) is 32.7 Å². The number of halogens is 3. The first-order valence-corrected chi connectivity index (χ1v) is 8.92. The van der Waals surface area contributed by atoms with Crippen molar-refractivity contribution in [2.75, 3.05) is 18.1 Å². The summed E-state index contributed by atoms with van der Waals surface area (Å²) < 4.78 is 50.0. The molecule has 13 heteroatoms. The second kappa shape index (κ2) is 8.34. The van der Waals surface area contributed by atoms with Crippen molar-refractivity contribution in [2.24, 2.45) is 0 Å². The van der Waals surface area contributed by atoms with E-state index in [0.29, 0.717) is 5.69 Å². The molecule has 3 heterocycles. The van der Waals surface area contributed by atoms with Crippen LogP contribution < -0.4 is 4.90 Å². The van der Waals surface area contributed by atoms with Gasteiger partial charge in [0.25, 0.3) is 5.91 Å². The van der Waals surface area contributed by atoms with Gasteiger partial charge in [-0.3, -0.25) is 19.5 Å². The van der Waals surface area contributed by atoms with Gasteiger partial charge in [-0.1, -0.05) is 0 Å². The maximum Gasteiger partial charge on any atom is 0.433 e. The second-order valence-electron chi connectivity index (χ2n) is 6.60. The molecular weight excluding hydrogens is 425 g/mol. The smallest absolute Gasteiger partial charge is 0.433 e. The number of hydrogen-bond donors (Lipinski definition) is 1. The van der Waals surface area contributed by atoms with Gasteiger partial charge in [-0.15, -0.1) is 5.10 Å². The Morgan fingerprint density at radius 1 is 1.35 bits per heavy atom. The predicted molar refractivity (Wildman–Crippen MR) is 96.4 cm³/mol. The van der Waals surface area contributed by atoms with Crippen molar-refractivity contribution in [3.63, 3.8) is 0 Å². The number of anilines is 1. The number of rotatable bonds is 5. The van der Waals surface area contributed by atoms with Gasteiger partial charge in [0.15, 0.2) is 11.9 Å². The molecule has 0 saturated carbocycles. The average Bonchev–Trinajstić information content (AvgIpc) is 3.07. The summed E-state index contributed by atoms with van der Waals surface area (Å²) in [5, 5.41) is 13.5. The number of carbonyl (C=O) groups is 3.